The van der Waals surface area contributed by atoms with Crippen LogP contribution in [-0.4, -0.2) is 34.5 Å². The fourth-order valence-electron chi connectivity index (χ4n) is 2.50. The molecule has 0 unspecified atom stereocenters. The lowest BCUT2D eigenvalue weighted by atomic mass is 9.73. The monoisotopic (exact) mass is 195 g/mol. The molecule has 0 radical (unpaired) electrons. The van der Waals surface area contributed by atoms with Gasteiger partial charge in [-0.3, -0.25) is 4.79 Å². The van der Waals surface area contributed by atoms with E-state index >= 15 is 0 Å². The van der Waals surface area contributed by atoms with Gasteiger partial charge in [-0.25, -0.2) is 4.79 Å². The van der Waals surface area contributed by atoms with Gasteiger partial charge in [0.2, 0.25) is 5.91 Å². The van der Waals surface area contributed by atoms with Crippen molar-refractivity contribution < 1.29 is 14.7 Å². The highest BCUT2D eigenvalue weighted by atomic mass is 16.4. The lowest BCUT2D eigenvalue weighted by molar-refractivity contribution is -0.148. The third-order valence-electron chi connectivity index (χ3n) is 3.36. The Labute approximate surface area is 82.2 Å². The zero-order valence-corrected chi connectivity index (χ0v) is 7.85. The van der Waals surface area contributed by atoms with Gasteiger partial charge in [-0.1, -0.05) is 6.58 Å². The first kappa shape index (κ1) is 9.24. The second-order valence-corrected chi connectivity index (χ2v) is 3.98. The molecule has 1 saturated heterocycles. The van der Waals surface area contributed by atoms with E-state index in [1.807, 2.05) is 0 Å². The van der Waals surface area contributed by atoms with Crippen molar-refractivity contribution in [3.63, 3.8) is 0 Å². The van der Waals surface area contributed by atoms with Gasteiger partial charge in [0.1, 0.15) is 6.04 Å². The summed E-state index contributed by atoms with van der Waals surface area (Å²) in [6.45, 7) is 3.98. The molecule has 1 aliphatic heterocycles. The van der Waals surface area contributed by atoms with Crippen molar-refractivity contribution in [1.82, 2.24) is 4.90 Å². The number of carbonyl (C=O) groups is 2. The Morgan fingerprint density at radius 3 is 2.57 bits per heavy atom. The molecule has 0 aromatic rings. The molecule has 1 saturated carbocycles. The molecule has 0 spiro atoms. The molecule has 2 rings (SSSR count). The van der Waals surface area contributed by atoms with Crippen LogP contribution < -0.4 is 0 Å². The summed E-state index contributed by atoms with van der Waals surface area (Å²) in [5.74, 6) is -0.560. The maximum absolute atomic E-state index is 11.4. The molecule has 1 N–H and O–H groups in total. The molecule has 14 heavy (non-hydrogen) atoms. The first-order valence-electron chi connectivity index (χ1n) is 4.81. The lowest BCUT2D eigenvalue weighted by Crippen LogP contribution is -2.43. The minimum Gasteiger partial charge on any atom is -0.480 e. The predicted molar refractivity (Wildman–Crippen MR) is 49.5 cm³/mol. The Kier molecular flexibility index (Phi) is 2.06. The topological polar surface area (TPSA) is 57.6 Å². The number of aliphatic carboxylic acids is 1. The Morgan fingerprint density at radius 1 is 1.43 bits per heavy atom. The fourth-order valence-corrected chi connectivity index (χ4v) is 2.50. The first-order chi connectivity index (χ1) is 6.65. The van der Waals surface area contributed by atoms with Crippen LogP contribution in [0.25, 0.3) is 0 Å². The number of likely N-dealkylation sites (tertiary alicyclic amines) is 1. The van der Waals surface area contributed by atoms with E-state index in [9.17, 15) is 9.59 Å². The Hall–Kier alpha value is -1.32. The first-order valence-corrected chi connectivity index (χ1v) is 4.81. The highest BCUT2D eigenvalue weighted by Crippen LogP contribution is 2.44. The second-order valence-electron chi connectivity index (χ2n) is 3.98. The van der Waals surface area contributed by atoms with Gasteiger partial charge >= 0.3 is 5.97 Å². The zero-order chi connectivity index (χ0) is 10.3. The van der Waals surface area contributed by atoms with Crippen LogP contribution in [0.3, 0.4) is 0 Å². The van der Waals surface area contributed by atoms with E-state index in [1.165, 1.54) is 11.0 Å². The number of carboxylic acid groups (broad SMARTS) is 1. The van der Waals surface area contributed by atoms with Crippen LogP contribution in [0.4, 0.5) is 0 Å². The van der Waals surface area contributed by atoms with Crippen LogP contribution in [-0.2, 0) is 9.59 Å². The molecular weight excluding hydrogens is 182 g/mol. The number of hydrogen-bond acceptors (Lipinski definition) is 2. The molecule has 0 aromatic carbocycles. The van der Waals surface area contributed by atoms with Crippen molar-refractivity contribution in [3.8, 4) is 0 Å². The molecule has 0 aromatic heterocycles. The number of nitrogens with zero attached hydrogens (tertiary/aromatic N) is 1. The van der Waals surface area contributed by atoms with E-state index < -0.39 is 12.0 Å². The van der Waals surface area contributed by atoms with Gasteiger partial charge in [0.15, 0.2) is 0 Å². The van der Waals surface area contributed by atoms with Crippen LogP contribution in [0.1, 0.15) is 12.8 Å². The number of amides is 1. The lowest BCUT2D eigenvalue weighted by Gasteiger charge is -2.31. The molecule has 1 heterocycles. The smallest absolute Gasteiger partial charge is 0.326 e. The van der Waals surface area contributed by atoms with Crippen LogP contribution >= 0.6 is 0 Å². The summed E-state index contributed by atoms with van der Waals surface area (Å²) < 4.78 is 0. The van der Waals surface area contributed by atoms with E-state index in [0.29, 0.717) is 12.5 Å². The minimum atomic E-state index is -0.882. The number of carboxylic acids is 1. The number of carbonyl (C=O) groups excluding carboxylic acids is 1. The molecule has 4 nitrogen and oxygen atoms in total. The molecule has 0 bridgehead atoms. The summed E-state index contributed by atoms with van der Waals surface area (Å²) in [7, 11) is 0. The fraction of sp³-hybridized carbons (Fsp3) is 0.600. The van der Waals surface area contributed by atoms with Crippen molar-refractivity contribution in [1.29, 1.82) is 0 Å². The summed E-state index contributed by atoms with van der Waals surface area (Å²) in [5, 5.41) is 9.02. The molecule has 1 aliphatic carbocycles. The van der Waals surface area contributed by atoms with Crippen molar-refractivity contribution in [2.75, 3.05) is 6.54 Å². The van der Waals surface area contributed by atoms with Crippen LogP contribution in [0.5, 0.6) is 0 Å². The van der Waals surface area contributed by atoms with Crippen molar-refractivity contribution in [3.05, 3.63) is 12.7 Å². The van der Waals surface area contributed by atoms with Gasteiger partial charge in [-0.15, -0.1) is 0 Å². The Bertz CT molecular complexity index is 300. The maximum Gasteiger partial charge on any atom is 0.326 e. The van der Waals surface area contributed by atoms with Crippen LogP contribution in [0, 0.1) is 11.8 Å². The standard InChI is InChI=1S/C10H13NO3/c1-2-8(12)11-5-6-3-4-7(6)9(11)10(13)14/h2,6-7,9H,1,3-5H2,(H,13,14)/t6-,7-,9-/m0/s1. The van der Waals surface area contributed by atoms with Crippen molar-refractivity contribution >= 4 is 11.9 Å². The largest absolute Gasteiger partial charge is 0.480 e. The third kappa shape index (κ3) is 1.14. The van der Waals surface area contributed by atoms with E-state index in [-0.39, 0.29) is 11.8 Å². The molecule has 4 heteroatoms. The quantitative estimate of drug-likeness (QED) is 0.652. The van der Waals surface area contributed by atoms with Gasteiger partial charge in [0.25, 0.3) is 0 Å². The predicted octanol–water partition coefficient (Wildman–Crippen LogP) is 0.494. The number of hydrogen-bond donors (Lipinski definition) is 1. The molecule has 1 amide bonds. The average molecular weight is 195 g/mol. The van der Waals surface area contributed by atoms with Gasteiger partial charge in [0, 0.05) is 6.54 Å². The summed E-state index contributed by atoms with van der Waals surface area (Å²) in [6.07, 6.45) is 3.18. The zero-order valence-electron chi connectivity index (χ0n) is 7.85. The highest BCUT2D eigenvalue weighted by Gasteiger charge is 2.51. The van der Waals surface area contributed by atoms with E-state index in [0.717, 1.165) is 12.8 Å². The van der Waals surface area contributed by atoms with E-state index in [1.54, 1.807) is 0 Å². The third-order valence-corrected chi connectivity index (χ3v) is 3.36. The van der Waals surface area contributed by atoms with Gasteiger partial charge in [-0.05, 0) is 30.8 Å². The molecule has 76 valence electrons. The van der Waals surface area contributed by atoms with Crippen molar-refractivity contribution in [2.24, 2.45) is 11.8 Å². The number of fused-ring (bicyclic) bond motifs is 1. The van der Waals surface area contributed by atoms with Gasteiger partial charge in [-0.2, -0.15) is 0 Å². The highest BCUT2D eigenvalue weighted by molar-refractivity contribution is 5.91. The molecule has 2 fully saturated rings. The Morgan fingerprint density at radius 2 is 2.14 bits per heavy atom. The van der Waals surface area contributed by atoms with E-state index in [4.69, 9.17) is 5.11 Å². The summed E-state index contributed by atoms with van der Waals surface area (Å²) >= 11 is 0. The molecule has 3 atom stereocenters. The summed E-state index contributed by atoms with van der Waals surface area (Å²) in [6, 6.07) is -0.612. The van der Waals surface area contributed by atoms with Gasteiger partial charge < -0.3 is 10.0 Å². The normalized spacial score (nSPS) is 34.6. The van der Waals surface area contributed by atoms with Crippen LogP contribution in [0.2, 0.25) is 0 Å². The average Bonchev–Trinajstić information content (AvgIpc) is 2.37. The summed E-state index contributed by atoms with van der Waals surface area (Å²) in [4.78, 5) is 23.8. The minimum absolute atomic E-state index is 0.177. The maximum atomic E-state index is 11.4. The number of rotatable bonds is 2. The molecule has 2 aliphatic rings. The van der Waals surface area contributed by atoms with E-state index in [2.05, 4.69) is 6.58 Å². The van der Waals surface area contributed by atoms with Gasteiger partial charge in [0.05, 0.1) is 0 Å². The molecular formula is C10H13NO3. The summed E-state index contributed by atoms with van der Waals surface area (Å²) in [5.41, 5.74) is 0. The Balaban J connectivity index is 2.20. The van der Waals surface area contributed by atoms with Crippen LogP contribution in [0.15, 0.2) is 12.7 Å². The van der Waals surface area contributed by atoms with Crippen molar-refractivity contribution in [2.45, 2.75) is 18.9 Å². The SMILES string of the molecule is C=CC(=O)N1C[C@@H]2CC[C@@H]2[C@H]1C(=O)O. The second kappa shape index (κ2) is 3.12.